The van der Waals surface area contributed by atoms with E-state index < -0.39 is 0 Å². The lowest BCUT2D eigenvalue weighted by Gasteiger charge is -2.37. The van der Waals surface area contributed by atoms with E-state index in [1.54, 1.807) is 6.20 Å². The Labute approximate surface area is 163 Å². The van der Waals surface area contributed by atoms with Crippen molar-refractivity contribution in [2.45, 2.75) is 45.4 Å². The molecule has 3 nitrogen and oxygen atoms in total. The van der Waals surface area contributed by atoms with Crippen molar-refractivity contribution in [1.29, 1.82) is 0 Å². The topological polar surface area (TPSA) is 33.2 Å². The Morgan fingerprint density at radius 2 is 2.15 bits per heavy atom. The predicted molar refractivity (Wildman–Crippen MR) is 113 cm³/mol. The summed E-state index contributed by atoms with van der Waals surface area (Å²) in [6.07, 6.45) is 10.5. The molecule has 0 N–H and O–H groups in total. The van der Waals surface area contributed by atoms with Crippen LogP contribution >= 0.6 is 0 Å². The van der Waals surface area contributed by atoms with Gasteiger partial charge in [0.15, 0.2) is 5.78 Å². The molecule has 3 heteroatoms. The zero-order chi connectivity index (χ0) is 19.1. The van der Waals surface area contributed by atoms with E-state index in [-0.39, 0.29) is 5.78 Å². The van der Waals surface area contributed by atoms with E-state index in [1.165, 1.54) is 32.2 Å². The standard InChI is InChI=1S/C24H32N2O/c1-3-5-8-16-26-17-14-20(19(4-2)18-26)11-12-24(27)22-13-15-25-23-10-7-6-9-21(22)23/h4,6-7,9-10,13,15,19-20H,2-3,5,8,11-12,14,16-18H2,1H3/t19-,20+/m0/s1. The van der Waals surface area contributed by atoms with Crippen LogP contribution in [0.15, 0.2) is 49.2 Å². The van der Waals surface area contributed by atoms with Gasteiger partial charge in [0.25, 0.3) is 0 Å². The third kappa shape index (κ3) is 5.04. The molecule has 144 valence electrons. The van der Waals surface area contributed by atoms with Crippen molar-refractivity contribution in [1.82, 2.24) is 9.88 Å². The number of unbranched alkanes of at least 4 members (excludes halogenated alkanes) is 2. The lowest BCUT2D eigenvalue weighted by Crippen LogP contribution is -2.40. The van der Waals surface area contributed by atoms with E-state index in [2.05, 4.69) is 29.5 Å². The molecule has 0 amide bonds. The van der Waals surface area contributed by atoms with Gasteiger partial charge in [-0.1, -0.05) is 44.0 Å². The average Bonchev–Trinajstić information content (AvgIpc) is 2.72. The van der Waals surface area contributed by atoms with Gasteiger partial charge >= 0.3 is 0 Å². The second kappa shape index (κ2) is 9.80. The maximum Gasteiger partial charge on any atom is 0.163 e. The minimum absolute atomic E-state index is 0.238. The monoisotopic (exact) mass is 364 g/mol. The fraction of sp³-hybridized carbons (Fsp3) is 0.500. The number of Topliss-reactive ketones (excluding diaryl/α,β-unsaturated/α-hetero) is 1. The van der Waals surface area contributed by atoms with Crippen LogP contribution in [0.5, 0.6) is 0 Å². The quantitative estimate of drug-likeness (QED) is 0.334. The smallest absolute Gasteiger partial charge is 0.163 e. The summed E-state index contributed by atoms with van der Waals surface area (Å²) in [5.74, 6) is 1.31. The van der Waals surface area contributed by atoms with Crippen LogP contribution in [0.3, 0.4) is 0 Å². The minimum atomic E-state index is 0.238. The molecule has 27 heavy (non-hydrogen) atoms. The third-order valence-corrected chi connectivity index (χ3v) is 5.96. The summed E-state index contributed by atoms with van der Waals surface area (Å²) >= 11 is 0. The Kier molecular flexibility index (Phi) is 7.17. The van der Waals surface area contributed by atoms with Gasteiger partial charge in [-0.25, -0.2) is 0 Å². The number of fused-ring (bicyclic) bond motifs is 1. The molecule has 1 aliphatic heterocycles. The molecule has 3 rings (SSSR count). The molecule has 1 fully saturated rings. The number of para-hydroxylation sites is 1. The summed E-state index contributed by atoms with van der Waals surface area (Å²) in [5.41, 5.74) is 1.71. The highest BCUT2D eigenvalue weighted by Crippen LogP contribution is 2.30. The summed E-state index contributed by atoms with van der Waals surface area (Å²) in [6.45, 7) is 9.78. The highest BCUT2D eigenvalue weighted by molar-refractivity contribution is 6.07. The number of carbonyl (C=O) groups is 1. The number of carbonyl (C=O) groups excluding carboxylic acids is 1. The van der Waals surface area contributed by atoms with Crippen molar-refractivity contribution in [3.63, 3.8) is 0 Å². The van der Waals surface area contributed by atoms with Gasteiger partial charge in [0.05, 0.1) is 5.52 Å². The zero-order valence-corrected chi connectivity index (χ0v) is 16.6. The van der Waals surface area contributed by atoms with Gasteiger partial charge in [-0.2, -0.15) is 0 Å². The number of hydrogen-bond acceptors (Lipinski definition) is 3. The first-order valence-corrected chi connectivity index (χ1v) is 10.4. The molecule has 1 aromatic carbocycles. The molecule has 1 aliphatic rings. The number of benzene rings is 1. The van der Waals surface area contributed by atoms with Crippen LogP contribution < -0.4 is 0 Å². The maximum atomic E-state index is 12.9. The van der Waals surface area contributed by atoms with Crippen LogP contribution in [0.25, 0.3) is 10.9 Å². The second-order valence-corrected chi connectivity index (χ2v) is 7.79. The molecule has 0 saturated carbocycles. The lowest BCUT2D eigenvalue weighted by molar-refractivity contribution is 0.0944. The Morgan fingerprint density at radius 1 is 1.30 bits per heavy atom. The van der Waals surface area contributed by atoms with Gasteiger partial charge in [0.1, 0.15) is 0 Å². The molecule has 0 radical (unpaired) electrons. The van der Waals surface area contributed by atoms with Crippen LogP contribution in [0.4, 0.5) is 0 Å². The molecule has 0 bridgehead atoms. The zero-order valence-electron chi connectivity index (χ0n) is 16.6. The fourth-order valence-corrected chi connectivity index (χ4v) is 4.31. The fourth-order valence-electron chi connectivity index (χ4n) is 4.31. The first-order chi connectivity index (χ1) is 13.2. The van der Waals surface area contributed by atoms with Crippen molar-refractivity contribution in [3.8, 4) is 0 Å². The summed E-state index contributed by atoms with van der Waals surface area (Å²) in [4.78, 5) is 19.8. The van der Waals surface area contributed by atoms with E-state index in [0.29, 0.717) is 18.3 Å². The molecule has 0 aliphatic carbocycles. The minimum Gasteiger partial charge on any atom is -0.303 e. The number of hydrogen-bond donors (Lipinski definition) is 0. The van der Waals surface area contributed by atoms with Crippen molar-refractivity contribution in [2.75, 3.05) is 19.6 Å². The highest BCUT2D eigenvalue weighted by Gasteiger charge is 2.27. The summed E-state index contributed by atoms with van der Waals surface area (Å²) in [6, 6.07) is 9.77. The number of pyridine rings is 1. The number of likely N-dealkylation sites (tertiary alicyclic amines) is 1. The molecule has 1 saturated heterocycles. The van der Waals surface area contributed by atoms with Crippen molar-refractivity contribution in [3.05, 3.63) is 54.7 Å². The van der Waals surface area contributed by atoms with Gasteiger partial charge in [-0.3, -0.25) is 9.78 Å². The SMILES string of the molecule is C=C[C@H]1CN(CCCCC)CC[C@H]1CCC(=O)c1ccnc2ccccc12. The first-order valence-electron chi connectivity index (χ1n) is 10.4. The number of nitrogens with zero attached hydrogens (tertiary/aromatic N) is 2. The molecule has 2 aromatic rings. The van der Waals surface area contributed by atoms with Crippen molar-refractivity contribution < 1.29 is 4.79 Å². The summed E-state index contributed by atoms with van der Waals surface area (Å²) in [5, 5.41) is 0.969. The average molecular weight is 365 g/mol. The Bertz CT molecular complexity index is 765. The number of aromatic nitrogens is 1. The molecule has 2 heterocycles. The van der Waals surface area contributed by atoms with Gasteiger partial charge in [-0.15, -0.1) is 6.58 Å². The normalized spacial score (nSPS) is 20.6. The van der Waals surface area contributed by atoms with E-state index in [0.717, 1.165) is 36.0 Å². The number of rotatable bonds is 9. The van der Waals surface area contributed by atoms with E-state index >= 15 is 0 Å². The Morgan fingerprint density at radius 3 is 2.96 bits per heavy atom. The predicted octanol–water partition coefficient (Wildman–Crippen LogP) is 5.51. The van der Waals surface area contributed by atoms with E-state index in [1.807, 2.05) is 30.3 Å². The number of piperidine rings is 1. The van der Waals surface area contributed by atoms with Crippen LogP contribution in [-0.4, -0.2) is 35.3 Å². The molecular formula is C24H32N2O. The van der Waals surface area contributed by atoms with Crippen LogP contribution in [-0.2, 0) is 0 Å². The highest BCUT2D eigenvalue weighted by atomic mass is 16.1. The van der Waals surface area contributed by atoms with Gasteiger partial charge in [0, 0.05) is 30.1 Å². The van der Waals surface area contributed by atoms with Crippen molar-refractivity contribution in [2.24, 2.45) is 11.8 Å². The Hall–Kier alpha value is -2.00. The van der Waals surface area contributed by atoms with E-state index in [4.69, 9.17) is 0 Å². The van der Waals surface area contributed by atoms with Gasteiger partial charge < -0.3 is 4.90 Å². The van der Waals surface area contributed by atoms with Crippen LogP contribution in [0, 0.1) is 11.8 Å². The summed E-state index contributed by atoms with van der Waals surface area (Å²) in [7, 11) is 0. The number of ketones is 1. The molecule has 1 aromatic heterocycles. The lowest BCUT2D eigenvalue weighted by atomic mass is 9.81. The largest absolute Gasteiger partial charge is 0.303 e. The third-order valence-electron chi connectivity index (χ3n) is 5.96. The first kappa shape index (κ1) is 19.8. The summed E-state index contributed by atoms with van der Waals surface area (Å²) < 4.78 is 0. The molecular weight excluding hydrogens is 332 g/mol. The maximum absolute atomic E-state index is 12.9. The molecule has 0 unspecified atom stereocenters. The van der Waals surface area contributed by atoms with Crippen LogP contribution in [0.1, 0.15) is 55.8 Å². The van der Waals surface area contributed by atoms with Crippen LogP contribution in [0.2, 0.25) is 0 Å². The van der Waals surface area contributed by atoms with Crippen molar-refractivity contribution >= 4 is 16.7 Å². The molecule has 0 spiro atoms. The van der Waals surface area contributed by atoms with E-state index in [9.17, 15) is 4.79 Å². The molecule has 2 atom stereocenters. The Balaban J connectivity index is 1.57. The van der Waals surface area contributed by atoms with Gasteiger partial charge in [0.2, 0.25) is 0 Å². The second-order valence-electron chi connectivity index (χ2n) is 7.79. The van der Waals surface area contributed by atoms with Gasteiger partial charge in [-0.05, 0) is 56.3 Å².